The average molecular weight is 342 g/mol. The van der Waals surface area contributed by atoms with Gasteiger partial charge in [-0.1, -0.05) is 12.1 Å². The number of para-hydroxylation sites is 2. The molecule has 0 aliphatic carbocycles. The fourth-order valence-corrected chi connectivity index (χ4v) is 2.60. The van der Waals surface area contributed by atoms with Crippen LogP contribution in [0.25, 0.3) is 0 Å². The van der Waals surface area contributed by atoms with Gasteiger partial charge in [0.05, 0.1) is 12.2 Å². The Morgan fingerprint density at radius 3 is 2.60 bits per heavy atom. The average Bonchev–Trinajstić information content (AvgIpc) is 2.61. The zero-order valence-electron chi connectivity index (χ0n) is 14.2. The van der Waals surface area contributed by atoms with Crippen LogP contribution in [0.3, 0.4) is 0 Å². The van der Waals surface area contributed by atoms with E-state index in [1.165, 1.54) is 29.0 Å². The maximum Gasteiger partial charge on any atom is 0.278 e. The molecule has 3 rings (SSSR count). The summed E-state index contributed by atoms with van der Waals surface area (Å²) in [5, 5.41) is 4.00. The number of carbonyl (C=O) groups is 2. The molecule has 0 radical (unpaired) electrons. The molecule has 1 atom stereocenters. The van der Waals surface area contributed by atoms with Crippen molar-refractivity contribution in [1.82, 2.24) is 14.7 Å². The van der Waals surface area contributed by atoms with E-state index in [2.05, 4.69) is 5.10 Å². The second-order valence-corrected chi connectivity index (χ2v) is 5.90. The Balaban J connectivity index is 2.00. The van der Waals surface area contributed by atoms with Crippen molar-refractivity contribution in [3.05, 3.63) is 52.4 Å². The molecule has 130 valence electrons. The Kier molecular flexibility index (Phi) is 4.26. The number of aromatic nitrogens is 2. The van der Waals surface area contributed by atoms with Crippen LogP contribution < -0.4 is 15.2 Å². The predicted molar refractivity (Wildman–Crippen MR) is 90.7 cm³/mol. The first kappa shape index (κ1) is 16.7. The van der Waals surface area contributed by atoms with E-state index in [1.54, 1.807) is 38.4 Å². The summed E-state index contributed by atoms with van der Waals surface area (Å²) < 4.78 is 6.85. The molecule has 0 fully saturated rings. The van der Waals surface area contributed by atoms with Gasteiger partial charge in [-0.25, -0.2) is 4.68 Å². The van der Waals surface area contributed by atoms with Crippen molar-refractivity contribution < 1.29 is 14.3 Å². The van der Waals surface area contributed by atoms with Crippen LogP contribution in [0.2, 0.25) is 0 Å². The largest absolute Gasteiger partial charge is 0.476 e. The second-order valence-electron chi connectivity index (χ2n) is 5.90. The number of benzene rings is 1. The van der Waals surface area contributed by atoms with Crippen molar-refractivity contribution in [2.45, 2.75) is 6.10 Å². The van der Waals surface area contributed by atoms with E-state index in [-0.39, 0.29) is 23.7 Å². The van der Waals surface area contributed by atoms with E-state index in [1.807, 2.05) is 0 Å². The molecule has 0 unspecified atom stereocenters. The summed E-state index contributed by atoms with van der Waals surface area (Å²) in [6, 6.07) is 9.67. The van der Waals surface area contributed by atoms with Gasteiger partial charge in [0.25, 0.3) is 17.4 Å². The minimum atomic E-state index is -0.804. The van der Waals surface area contributed by atoms with E-state index in [9.17, 15) is 14.4 Å². The molecule has 1 aliphatic rings. The third kappa shape index (κ3) is 3.10. The summed E-state index contributed by atoms with van der Waals surface area (Å²) in [6.45, 7) is 0.0668. The van der Waals surface area contributed by atoms with Crippen LogP contribution in [0, 0.1) is 0 Å². The van der Waals surface area contributed by atoms with Crippen molar-refractivity contribution >= 4 is 17.5 Å². The molecule has 1 aromatic heterocycles. The second kappa shape index (κ2) is 6.39. The standard InChI is InChI=1S/C17H18N4O4/c1-19(2)17(24)14-10-21(12-6-4-5-7-13(12)25-14)16(23)11-8-9-15(22)20(3)18-11/h4-9,14H,10H2,1-3H3/t14-/m1/s1. The smallest absolute Gasteiger partial charge is 0.278 e. The van der Waals surface area contributed by atoms with Gasteiger partial charge in [0.2, 0.25) is 0 Å². The Labute approximate surface area is 144 Å². The van der Waals surface area contributed by atoms with Crippen molar-refractivity contribution in [2.24, 2.45) is 7.05 Å². The number of carbonyl (C=O) groups excluding carboxylic acids is 2. The first-order chi connectivity index (χ1) is 11.9. The van der Waals surface area contributed by atoms with E-state index < -0.39 is 12.0 Å². The summed E-state index contributed by atoms with van der Waals surface area (Å²) >= 11 is 0. The lowest BCUT2D eigenvalue weighted by molar-refractivity contribution is -0.135. The first-order valence-corrected chi connectivity index (χ1v) is 7.71. The molecular formula is C17H18N4O4. The highest BCUT2D eigenvalue weighted by Crippen LogP contribution is 2.34. The minimum Gasteiger partial charge on any atom is -0.476 e. The maximum atomic E-state index is 12.9. The predicted octanol–water partition coefficient (Wildman–Crippen LogP) is 0.276. The van der Waals surface area contributed by atoms with Crippen molar-refractivity contribution in [1.29, 1.82) is 0 Å². The van der Waals surface area contributed by atoms with Crippen molar-refractivity contribution in [3.8, 4) is 5.75 Å². The van der Waals surface area contributed by atoms with Crippen LogP contribution in [0.5, 0.6) is 5.75 Å². The maximum absolute atomic E-state index is 12.9. The van der Waals surface area contributed by atoms with Gasteiger partial charge in [-0.2, -0.15) is 5.10 Å². The number of aryl methyl sites for hydroxylation is 1. The summed E-state index contributed by atoms with van der Waals surface area (Å²) in [7, 11) is 4.74. The van der Waals surface area contributed by atoms with Crippen LogP contribution in [0.1, 0.15) is 10.5 Å². The van der Waals surface area contributed by atoms with E-state index >= 15 is 0 Å². The van der Waals surface area contributed by atoms with E-state index in [4.69, 9.17) is 4.74 Å². The summed E-state index contributed by atoms with van der Waals surface area (Å²) in [5.41, 5.74) is 0.375. The third-order valence-electron chi connectivity index (χ3n) is 3.91. The molecule has 25 heavy (non-hydrogen) atoms. The van der Waals surface area contributed by atoms with Crippen LogP contribution in [0.4, 0.5) is 5.69 Å². The zero-order chi connectivity index (χ0) is 18.1. The van der Waals surface area contributed by atoms with Gasteiger partial charge in [-0.05, 0) is 18.2 Å². The Hall–Kier alpha value is -3.16. The lowest BCUT2D eigenvalue weighted by atomic mass is 10.1. The number of likely N-dealkylation sites (N-methyl/N-ethyl adjacent to an activating group) is 1. The molecular weight excluding hydrogens is 324 g/mol. The Morgan fingerprint density at radius 2 is 1.92 bits per heavy atom. The molecule has 2 aromatic rings. The molecule has 0 bridgehead atoms. The van der Waals surface area contributed by atoms with Gasteiger partial charge < -0.3 is 9.64 Å². The van der Waals surface area contributed by atoms with Crippen LogP contribution in [-0.4, -0.2) is 53.2 Å². The molecule has 0 saturated carbocycles. The topological polar surface area (TPSA) is 84.7 Å². The fourth-order valence-electron chi connectivity index (χ4n) is 2.60. The molecule has 1 aromatic carbocycles. The van der Waals surface area contributed by atoms with Crippen molar-refractivity contribution in [2.75, 3.05) is 25.5 Å². The summed E-state index contributed by atoms with van der Waals surface area (Å²) in [5.74, 6) is -0.184. The lowest BCUT2D eigenvalue weighted by Gasteiger charge is -2.34. The monoisotopic (exact) mass is 342 g/mol. The highest BCUT2D eigenvalue weighted by atomic mass is 16.5. The molecule has 2 amide bonds. The number of fused-ring (bicyclic) bond motifs is 1. The highest BCUT2D eigenvalue weighted by Gasteiger charge is 2.35. The van der Waals surface area contributed by atoms with Crippen LogP contribution in [-0.2, 0) is 11.8 Å². The third-order valence-corrected chi connectivity index (χ3v) is 3.91. The molecule has 0 spiro atoms. The van der Waals surface area contributed by atoms with Gasteiger partial charge in [0.1, 0.15) is 11.4 Å². The number of hydrogen-bond acceptors (Lipinski definition) is 5. The molecule has 0 N–H and O–H groups in total. The molecule has 1 aliphatic heterocycles. The Bertz CT molecular complexity index is 890. The van der Waals surface area contributed by atoms with E-state index in [0.29, 0.717) is 11.4 Å². The summed E-state index contributed by atoms with van der Waals surface area (Å²) in [4.78, 5) is 39.6. The molecule has 8 nitrogen and oxygen atoms in total. The molecule has 8 heteroatoms. The number of hydrogen-bond donors (Lipinski definition) is 0. The SMILES string of the molecule is CN(C)C(=O)[C@H]1CN(C(=O)c2ccc(=O)n(C)n2)c2ccccc2O1. The minimum absolute atomic E-state index is 0.0668. The van der Waals surface area contributed by atoms with Gasteiger partial charge in [-0.15, -0.1) is 0 Å². The number of rotatable bonds is 2. The number of nitrogens with zero attached hydrogens (tertiary/aromatic N) is 4. The molecule has 2 heterocycles. The van der Waals surface area contributed by atoms with Gasteiger partial charge >= 0.3 is 0 Å². The number of amides is 2. The summed E-state index contributed by atoms with van der Waals surface area (Å²) in [6.07, 6.45) is -0.804. The van der Waals surface area contributed by atoms with Gasteiger partial charge in [0, 0.05) is 27.2 Å². The first-order valence-electron chi connectivity index (χ1n) is 7.71. The van der Waals surface area contributed by atoms with E-state index in [0.717, 1.165) is 4.68 Å². The zero-order valence-corrected chi connectivity index (χ0v) is 14.2. The fraction of sp³-hybridized carbons (Fsp3) is 0.294. The molecule has 0 saturated heterocycles. The van der Waals surface area contributed by atoms with Crippen LogP contribution in [0.15, 0.2) is 41.2 Å². The Morgan fingerprint density at radius 1 is 1.20 bits per heavy atom. The van der Waals surface area contributed by atoms with Gasteiger partial charge in [0.15, 0.2) is 6.10 Å². The lowest BCUT2D eigenvalue weighted by Crippen LogP contribution is -2.50. The van der Waals surface area contributed by atoms with Gasteiger partial charge in [-0.3, -0.25) is 19.3 Å². The highest BCUT2D eigenvalue weighted by molar-refractivity contribution is 6.06. The van der Waals surface area contributed by atoms with Crippen molar-refractivity contribution in [3.63, 3.8) is 0 Å². The normalized spacial score (nSPS) is 16.0. The number of anilines is 1. The quantitative estimate of drug-likeness (QED) is 0.782. The number of ether oxygens (including phenoxy) is 1. The van der Waals surface area contributed by atoms with Crippen LogP contribution >= 0.6 is 0 Å².